The van der Waals surface area contributed by atoms with Gasteiger partial charge in [-0.25, -0.2) is 0 Å². The van der Waals surface area contributed by atoms with Gasteiger partial charge in [0, 0.05) is 11.8 Å². The van der Waals surface area contributed by atoms with E-state index in [-0.39, 0.29) is 17.6 Å². The highest BCUT2D eigenvalue weighted by molar-refractivity contribution is 9.10. The van der Waals surface area contributed by atoms with Crippen LogP contribution in [-0.4, -0.2) is 24.7 Å². The number of thiocarbonyl (C=S) groups is 1. The molecule has 25 heavy (non-hydrogen) atoms. The number of carbonyl (C=O) groups excluding carboxylic acids is 1. The van der Waals surface area contributed by atoms with E-state index in [1.165, 1.54) is 5.56 Å². The van der Waals surface area contributed by atoms with E-state index in [2.05, 4.69) is 33.5 Å². The van der Waals surface area contributed by atoms with E-state index in [0.29, 0.717) is 11.5 Å². The molecule has 0 heterocycles. The summed E-state index contributed by atoms with van der Waals surface area (Å²) in [6.07, 6.45) is 0.934. The normalized spacial score (nSPS) is 10.0. The number of ether oxygens (including phenoxy) is 2. The second kappa shape index (κ2) is 9.39. The molecule has 0 radical (unpaired) electrons. The van der Waals surface area contributed by atoms with Crippen molar-refractivity contribution in [3.63, 3.8) is 0 Å². The number of hydrogen-bond acceptors (Lipinski definition) is 4. The van der Waals surface area contributed by atoms with E-state index in [0.717, 1.165) is 16.6 Å². The number of amides is 1. The lowest BCUT2D eigenvalue weighted by molar-refractivity contribution is -0.121. The zero-order valence-electron chi connectivity index (χ0n) is 14.0. The van der Waals surface area contributed by atoms with Gasteiger partial charge in [0.15, 0.2) is 11.7 Å². The minimum Gasteiger partial charge on any atom is -0.497 e. The van der Waals surface area contributed by atoms with Gasteiger partial charge in [0.1, 0.15) is 11.5 Å². The molecule has 0 aliphatic carbocycles. The smallest absolute Gasteiger partial charge is 0.264 e. The Morgan fingerprint density at radius 3 is 2.72 bits per heavy atom. The average molecular weight is 423 g/mol. The Morgan fingerprint density at radius 2 is 2.04 bits per heavy atom. The van der Waals surface area contributed by atoms with Gasteiger partial charge in [-0.1, -0.05) is 19.1 Å². The highest BCUT2D eigenvalue weighted by atomic mass is 79.9. The van der Waals surface area contributed by atoms with Crippen LogP contribution >= 0.6 is 28.1 Å². The molecular formula is C18H19BrN2O3S. The third kappa shape index (κ3) is 6.03. The molecule has 2 rings (SSSR count). The molecule has 1 amide bonds. The SMILES string of the molecule is CCc1ccc(OCC(=O)NC(=S)Nc2cccc(OC)c2)c(Br)c1. The highest BCUT2D eigenvalue weighted by Crippen LogP contribution is 2.26. The monoisotopic (exact) mass is 422 g/mol. The van der Waals surface area contributed by atoms with Gasteiger partial charge in [-0.3, -0.25) is 10.1 Å². The van der Waals surface area contributed by atoms with Gasteiger partial charge in [-0.2, -0.15) is 0 Å². The van der Waals surface area contributed by atoms with Gasteiger partial charge in [0.25, 0.3) is 5.91 Å². The second-order valence-electron chi connectivity index (χ2n) is 5.14. The van der Waals surface area contributed by atoms with Crippen molar-refractivity contribution in [2.24, 2.45) is 0 Å². The minimum atomic E-state index is -0.341. The summed E-state index contributed by atoms with van der Waals surface area (Å²) in [5.74, 6) is 0.966. The van der Waals surface area contributed by atoms with Crippen LogP contribution in [0.1, 0.15) is 12.5 Å². The summed E-state index contributed by atoms with van der Waals surface area (Å²) in [7, 11) is 1.59. The maximum absolute atomic E-state index is 12.0. The van der Waals surface area contributed by atoms with Crippen LogP contribution in [0.3, 0.4) is 0 Å². The van der Waals surface area contributed by atoms with Gasteiger partial charge in [0.2, 0.25) is 0 Å². The lowest BCUT2D eigenvalue weighted by Crippen LogP contribution is -2.37. The fourth-order valence-electron chi connectivity index (χ4n) is 2.05. The molecule has 0 aliphatic rings. The molecule has 0 aromatic heterocycles. The van der Waals surface area contributed by atoms with Crippen molar-refractivity contribution >= 4 is 44.9 Å². The van der Waals surface area contributed by atoms with Crippen LogP contribution in [0, 0.1) is 0 Å². The molecule has 0 unspecified atom stereocenters. The topological polar surface area (TPSA) is 59.6 Å². The first-order valence-corrected chi connectivity index (χ1v) is 8.88. The number of anilines is 1. The lowest BCUT2D eigenvalue weighted by atomic mass is 10.2. The van der Waals surface area contributed by atoms with Crippen LogP contribution in [0.2, 0.25) is 0 Å². The molecule has 0 fully saturated rings. The van der Waals surface area contributed by atoms with Gasteiger partial charge in [0.05, 0.1) is 11.6 Å². The van der Waals surface area contributed by atoms with E-state index in [1.807, 2.05) is 36.4 Å². The number of methoxy groups -OCH3 is 1. The standard InChI is InChI=1S/C18H19BrN2O3S/c1-3-12-7-8-16(15(19)9-12)24-11-17(22)21-18(25)20-13-5-4-6-14(10-13)23-2/h4-10H,3,11H2,1-2H3,(H2,20,21,22,25). The van der Waals surface area contributed by atoms with Crippen LogP contribution in [0.25, 0.3) is 0 Å². The lowest BCUT2D eigenvalue weighted by Gasteiger charge is -2.12. The van der Waals surface area contributed by atoms with Crippen molar-refractivity contribution in [2.45, 2.75) is 13.3 Å². The van der Waals surface area contributed by atoms with Crippen LogP contribution < -0.4 is 20.1 Å². The number of carbonyl (C=O) groups is 1. The van der Waals surface area contributed by atoms with Crippen molar-refractivity contribution < 1.29 is 14.3 Å². The summed E-state index contributed by atoms with van der Waals surface area (Å²) < 4.78 is 11.5. The van der Waals surface area contributed by atoms with E-state index < -0.39 is 0 Å². The van der Waals surface area contributed by atoms with Crippen LogP contribution in [-0.2, 0) is 11.2 Å². The third-order valence-electron chi connectivity index (χ3n) is 3.34. The number of aryl methyl sites for hydroxylation is 1. The number of nitrogens with one attached hydrogen (secondary N) is 2. The second-order valence-corrected chi connectivity index (χ2v) is 6.40. The van der Waals surface area contributed by atoms with Gasteiger partial charge >= 0.3 is 0 Å². The molecule has 0 saturated heterocycles. The van der Waals surface area contributed by atoms with Gasteiger partial charge < -0.3 is 14.8 Å². The maximum atomic E-state index is 12.0. The summed E-state index contributed by atoms with van der Waals surface area (Å²) in [4.78, 5) is 12.0. The first-order chi connectivity index (χ1) is 12.0. The Hall–Kier alpha value is -2.12. The summed E-state index contributed by atoms with van der Waals surface area (Å²) in [6.45, 7) is 1.94. The van der Waals surface area contributed by atoms with E-state index in [1.54, 1.807) is 13.2 Å². The molecular weight excluding hydrogens is 404 g/mol. The summed E-state index contributed by atoms with van der Waals surface area (Å²) in [5.41, 5.74) is 1.91. The molecule has 5 nitrogen and oxygen atoms in total. The Bertz CT molecular complexity index is 768. The number of rotatable bonds is 6. The predicted octanol–water partition coefficient (Wildman–Crippen LogP) is 3.91. The molecule has 2 aromatic rings. The molecule has 0 bridgehead atoms. The molecule has 0 aliphatic heterocycles. The molecule has 2 N–H and O–H groups in total. The van der Waals surface area contributed by atoms with Crippen molar-refractivity contribution in [3.05, 3.63) is 52.5 Å². The molecule has 0 saturated carbocycles. The Morgan fingerprint density at radius 1 is 1.24 bits per heavy atom. The molecule has 132 valence electrons. The molecule has 7 heteroatoms. The third-order valence-corrected chi connectivity index (χ3v) is 4.17. The Kier molecular flexibility index (Phi) is 7.21. The van der Waals surface area contributed by atoms with Crippen molar-refractivity contribution in [1.82, 2.24) is 5.32 Å². The quantitative estimate of drug-likeness (QED) is 0.690. The minimum absolute atomic E-state index is 0.135. The fourth-order valence-corrected chi connectivity index (χ4v) is 2.82. The average Bonchev–Trinajstić information content (AvgIpc) is 2.60. The summed E-state index contributed by atoms with van der Waals surface area (Å²) >= 11 is 8.57. The number of hydrogen-bond donors (Lipinski definition) is 2. The van der Waals surface area contributed by atoms with Crippen molar-refractivity contribution in [1.29, 1.82) is 0 Å². The van der Waals surface area contributed by atoms with Crippen LogP contribution in [0.15, 0.2) is 46.9 Å². The summed E-state index contributed by atoms with van der Waals surface area (Å²) in [6, 6.07) is 13.0. The van der Waals surface area contributed by atoms with E-state index in [9.17, 15) is 4.79 Å². The Balaban J connectivity index is 1.84. The predicted molar refractivity (Wildman–Crippen MR) is 106 cm³/mol. The van der Waals surface area contributed by atoms with Crippen molar-refractivity contribution in [2.75, 3.05) is 19.0 Å². The molecule has 0 atom stereocenters. The first kappa shape index (κ1) is 19.2. The maximum Gasteiger partial charge on any atom is 0.264 e. The first-order valence-electron chi connectivity index (χ1n) is 7.68. The van der Waals surface area contributed by atoms with Crippen LogP contribution in [0.5, 0.6) is 11.5 Å². The Labute approximate surface area is 160 Å². The van der Waals surface area contributed by atoms with Gasteiger partial charge in [-0.05, 0) is 64.4 Å². The zero-order chi connectivity index (χ0) is 18.2. The van der Waals surface area contributed by atoms with Gasteiger partial charge in [-0.15, -0.1) is 0 Å². The number of halogens is 1. The highest BCUT2D eigenvalue weighted by Gasteiger charge is 2.08. The zero-order valence-corrected chi connectivity index (χ0v) is 16.4. The summed E-state index contributed by atoms with van der Waals surface area (Å²) in [5, 5.41) is 5.70. The van der Waals surface area contributed by atoms with E-state index >= 15 is 0 Å². The fraction of sp³-hybridized carbons (Fsp3) is 0.222. The molecule has 2 aromatic carbocycles. The largest absolute Gasteiger partial charge is 0.497 e. The van der Waals surface area contributed by atoms with E-state index in [4.69, 9.17) is 21.7 Å². The molecule has 0 spiro atoms. The van der Waals surface area contributed by atoms with Crippen LogP contribution in [0.4, 0.5) is 5.69 Å². The number of benzene rings is 2. The van der Waals surface area contributed by atoms with Crippen molar-refractivity contribution in [3.8, 4) is 11.5 Å².